The van der Waals surface area contributed by atoms with Gasteiger partial charge in [-0.1, -0.05) is 32.1 Å². The number of nitrogens with two attached hydrogens (primary N) is 1. The third-order valence-electron chi connectivity index (χ3n) is 4.60. The van der Waals surface area contributed by atoms with E-state index in [9.17, 15) is 0 Å². The summed E-state index contributed by atoms with van der Waals surface area (Å²) in [5.41, 5.74) is 8.87. The zero-order valence-corrected chi connectivity index (χ0v) is 12.1. The van der Waals surface area contributed by atoms with E-state index >= 15 is 0 Å². The molecule has 1 saturated carbocycles. The summed E-state index contributed by atoms with van der Waals surface area (Å²) in [6.45, 7) is 6.19. The lowest BCUT2D eigenvalue weighted by Crippen LogP contribution is -2.15. The van der Waals surface area contributed by atoms with E-state index in [1.54, 1.807) is 0 Å². The third-order valence-corrected chi connectivity index (χ3v) is 4.60. The summed E-state index contributed by atoms with van der Waals surface area (Å²) in [6.07, 6.45) is 9.48. The van der Waals surface area contributed by atoms with Crippen LogP contribution >= 0.6 is 0 Å². The maximum Gasteiger partial charge on any atom is 0.106 e. The molecule has 0 aliphatic heterocycles. The van der Waals surface area contributed by atoms with Crippen LogP contribution in [0.15, 0.2) is 4.42 Å². The van der Waals surface area contributed by atoms with Gasteiger partial charge in [-0.2, -0.15) is 0 Å². The second-order valence-electron chi connectivity index (χ2n) is 5.94. The number of aryl methyl sites for hydroxylation is 2. The van der Waals surface area contributed by atoms with Gasteiger partial charge >= 0.3 is 0 Å². The molecular formula is C16H27NO. The molecule has 1 aliphatic rings. The first kappa shape index (κ1) is 13.7. The molecule has 0 amide bonds. The van der Waals surface area contributed by atoms with E-state index in [1.807, 2.05) is 13.8 Å². The molecule has 0 saturated heterocycles. The molecule has 2 heteroatoms. The van der Waals surface area contributed by atoms with Gasteiger partial charge in [0.25, 0.3) is 0 Å². The molecule has 1 atom stereocenters. The SMILES string of the molecule is Cc1oc(C)c(C(N)CCC2CCCCC2)c1C. The van der Waals surface area contributed by atoms with Crippen LogP contribution in [0.5, 0.6) is 0 Å². The van der Waals surface area contributed by atoms with E-state index in [-0.39, 0.29) is 6.04 Å². The molecule has 0 bridgehead atoms. The third kappa shape index (κ3) is 2.97. The fourth-order valence-electron chi connectivity index (χ4n) is 3.39. The Balaban J connectivity index is 1.92. The van der Waals surface area contributed by atoms with E-state index in [2.05, 4.69) is 6.92 Å². The van der Waals surface area contributed by atoms with Crippen LogP contribution in [-0.4, -0.2) is 0 Å². The molecule has 1 fully saturated rings. The Kier molecular flexibility index (Phi) is 4.50. The number of hydrogen-bond donors (Lipinski definition) is 1. The topological polar surface area (TPSA) is 39.2 Å². The van der Waals surface area contributed by atoms with Crippen molar-refractivity contribution in [3.05, 3.63) is 22.6 Å². The standard InChI is InChI=1S/C16H27NO/c1-11-12(2)18-13(3)16(11)15(17)10-9-14-7-5-4-6-8-14/h14-15H,4-10,17H2,1-3H3. The molecule has 1 heterocycles. The highest BCUT2D eigenvalue weighted by Gasteiger charge is 2.20. The van der Waals surface area contributed by atoms with Crippen LogP contribution in [0.1, 0.15) is 73.6 Å². The molecule has 2 nitrogen and oxygen atoms in total. The Morgan fingerprint density at radius 1 is 1.11 bits per heavy atom. The van der Waals surface area contributed by atoms with Gasteiger partial charge in [-0.05, 0) is 45.1 Å². The summed E-state index contributed by atoms with van der Waals surface area (Å²) in [4.78, 5) is 0. The van der Waals surface area contributed by atoms with Crippen molar-refractivity contribution in [2.45, 2.75) is 71.8 Å². The van der Waals surface area contributed by atoms with Crippen LogP contribution in [-0.2, 0) is 0 Å². The maximum absolute atomic E-state index is 6.37. The summed E-state index contributed by atoms with van der Waals surface area (Å²) in [7, 11) is 0. The van der Waals surface area contributed by atoms with E-state index in [1.165, 1.54) is 49.7 Å². The fourth-order valence-corrected chi connectivity index (χ4v) is 3.39. The zero-order valence-electron chi connectivity index (χ0n) is 12.1. The van der Waals surface area contributed by atoms with Crippen molar-refractivity contribution in [3.8, 4) is 0 Å². The van der Waals surface area contributed by atoms with Crippen LogP contribution in [0, 0.1) is 26.7 Å². The second kappa shape index (κ2) is 5.92. The van der Waals surface area contributed by atoms with Crippen LogP contribution in [0.3, 0.4) is 0 Å². The largest absolute Gasteiger partial charge is 0.466 e. The van der Waals surface area contributed by atoms with Crippen molar-refractivity contribution in [2.24, 2.45) is 11.7 Å². The van der Waals surface area contributed by atoms with Gasteiger partial charge in [-0.15, -0.1) is 0 Å². The Labute approximate surface area is 111 Å². The van der Waals surface area contributed by atoms with Gasteiger partial charge in [-0.3, -0.25) is 0 Å². The Hall–Kier alpha value is -0.760. The molecule has 0 spiro atoms. The van der Waals surface area contributed by atoms with Crippen LogP contribution in [0.4, 0.5) is 0 Å². The Morgan fingerprint density at radius 3 is 2.33 bits per heavy atom. The quantitative estimate of drug-likeness (QED) is 0.849. The smallest absolute Gasteiger partial charge is 0.106 e. The lowest BCUT2D eigenvalue weighted by molar-refractivity contribution is 0.323. The van der Waals surface area contributed by atoms with E-state index in [0.29, 0.717) is 0 Å². The molecule has 1 aromatic heterocycles. The Morgan fingerprint density at radius 2 is 1.78 bits per heavy atom. The molecule has 18 heavy (non-hydrogen) atoms. The summed E-state index contributed by atoms with van der Waals surface area (Å²) in [6, 6.07) is 0.157. The number of furan rings is 1. The van der Waals surface area contributed by atoms with Gasteiger partial charge in [0, 0.05) is 11.6 Å². The van der Waals surface area contributed by atoms with Crippen LogP contribution in [0.2, 0.25) is 0 Å². The van der Waals surface area contributed by atoms with Gasteiger partial charge in [0.1, 0.15) is 11.5 Å². The molecule has 102 valence electrons. The van der Waals surface area contributed by atoms with Crippen molar-refractivity contribution in [2.75, 3.05) is 0 Å². The molecule has 1 aliphatic carbocycles. The summed E-state index contributed by atoms with van der Waals surface area (Å²) in [5, 5.41) is 0. The molecule has 2 N–H and O–H groups in total. The summed E-state index contributed by atoms with van der Waals surface area (Å²) in [5.74, 6) is 2.95. The predicted molar refractivity (Wildman–Crippen MR) is 75.7 cm³/mol. The van der Waals surface area contributed by atoms with Gasteiger partial charge in [0.2, 0.25) is 0 Å². The second-order valence-corrected chi connectivity index (χ2v) is 5.94. The average Bonchev–Trinajstić information content (AvgIpc) is 2.62. The molecule has 1 unspecified atom stereocenters. The minimum atomic E-state index is 0.157. The van der Waals surface area contributed by atoms with Crippen molar-refractivity contribution in [1.82, 2.24) is 0 Å². The van der Waals surface area contributed by atoms with Crippen LogP contribution in [0.25, 0.3) is 0 Å². The van der Waals surface area contributed by atoms with E-state index < -0.39 is 0 Å². The van der Waals surface area contributed by atoms with Crippen molar-refractivity contribution >= 4 is 0 Å². The lowest BCUT2D eigenvalue weighted by Gasteiger charge is -2.23. The Bertz CT molecular complexity index is 388. The predicted octanol–water partition coefficient (Wildman–Crippen LogP) is 4.57. The normalized spacial score (nSPS) is 19.1. The highest BCUT2D eigenvalue weighted by molar-refractivity contribution is 5.33. The summed E-state index contributed by atoms with van der Waals surface area (Å²) < 4.78 is 5.68. The minimum absolute atomic E-state index is 0.157. The van der Waals surface area contributed by atoms with E-state index in [0.717, 1.165) is 23.9 Å². The minimum Gasteiger partial charge on any atom is -0.466 e. The maximum atomic E-state index is 6.37. The van der Waals surface area contributed by atoms with Gasteiger partial charge in [0.15, 0.2) is 0 Å². The van der Waals surface area contributed by atoms with Gasteiger partial charge < -0.3 is 10.2 Å². The first-order valence-corrected chi connectivity index (χ1v) is 7.41. The van der Waals surface area contributed by atoms with E-state index in [4.69, 9.17) is 10.2 Å². The average molecular weight is 249 g/mol. The lowest BCUT2D eigenvalue weighted by atomic mass is 9.84. The highest BCUT2D eigenvalue weighted by atomic mass is 16.3. The first-order valence-electron chi connectivity index (χ1n) is 7.41. The fraction of sp³-hybridized carbons (Fsp3) is 0.750. The van der Waals surface area contributed by atoms with Crippen molar-refractivity contribution < 1.29 is 4.42 Å². The highest BCUT2D eigenvalue weighted by Crippen LogP contribution is 2.32. The monoisotopic (exact) mass is 249 g/mol. The zero-order chi connectivity index (χ0) is 13.1. The van der Waals surface area contributed by atoms with Crippen molar-refractivity contribution in [1.29, 1.82) is 0 Å². The number of rotatable bonds is 4. The molecule has 2 rings (SSSR count). The molecule has 1 aromatic rings. The molecule has 0 aromatic carbocycles. The van der Waals surface area contributed by atoms with Crippen molar-refractivity contribution in [3.63, 3.8) is 0 Å². The number of hydrogen-bond acceptors (Lipinski definition) is 2. The molecular weight excluding hydrogens is 222 g/mol. The molecule has 0 radical (unpaired) electrons. The summed E-state index contributed by atoms with van der Waals surface area (Å²) >= 11 is 0. The van der Waals surface area contributed by atoms with Gasteiger partial charge in [-0.25, -0.2) is 0 Å². The first-order chi connectivity index (χ1) is 8.59. The van der Waals surface area contributed by atoms with Gasteiger partial charge in [0.05, 0.1) is 0 Å². The van der Waals surface area contributed by atoms with Crippen LogP contribution < -0.4 is 5.73 Å².